The molecule has 19 heavy (non-hydrogen) atoms. The zero-order valence-electron chi connectivity index (χ0n) is 12.2. The zero-order chi connectivity index (χ0) is 14.0. The van der Waals surface area contributed by atoms with E-state index in [0.717, 1.165) is 35.7 Å². The highest BCUT2D eigenvalue weighted by molar-refractivity contribution is 6.31. The van der Waals surface area contributed by atoms with Crippen LogP contribution in [0.4, 0.5) is 0 Å². The second-order valence-electron chi connectivity index (χ2n) is 5.89. The largest absolute Gasteiger partial charge is 0.322 e. The van der Waals surface area contributed by atoms with Crippen molar-refractivity contribution in [3.63, 3.8) is 0 Å². The zero-order valence-corrected chi connectivity index (χ0v) is 13.0. The summed E-state index contributed by atoms with van der Waals surface area (Å²) < 4.78 is 0. The lowest BCUT2D eigenvalue weighted by atomic mass is 9.83. The summed E-state index contributed by atoms with van der Waals surface area (Å²) in [4.78, 5) is 2.55. The van der Waals surface area contributed by atoms with Crippen LogP contribution in [-0.4, -0.2) is 23.5 Å². The molecular weight excluding hydrogens is 256 g/mol. The van der Waals surface area contributed by atoms with E-state index in [1.165, 1.54) is 12.8 Å². The third-order valence-electron chi connectivity index (χ3n) is 4.77. The Morgan fingerprint density at radius 2 is 2.00 bits per heavy atom. The number of benzene rings is 1. The van der Waals surface area contributed by atoms with Gasteiger partial charge in [-0.25, -0.2) is 0 Å². The molecule has 2 N–H and O–H groups in total. The quantitative estimate of drug-likeness (QED) is 0.906. The van der Waals surface area contributed by atoms with Crippen molar-refractivity contribution < 1.29 is 0 Å². The van der Waals surface area contributed by atoms with Gasteiger partial charge in [0.1, 0.15) is 0 Å². The molecule has 1 saturated heterocycles. The molecule has 0 spiro atoms. The third kappa shape index (κ3) is 2.81. The van der Waals surface area contributed by atoms with E-state index in [4.69, 9.17) is 17.3 Å². The van der Waals surface area contributed by atoms with Gasteiger partial charge >= 0.3 is 0 Å². The molecule has 1 aromatic rings. The Hall–Kier alpha value is -0.570. The Kier molecular flexibility index (Phi) is 4.54. The minimum atomic E-state index is 0.00806. The fourth-order valence-corrected chi connectivity index (χ4v) is 3.22. The number of aryl methyl sites for hydroxylation is 1. The molecule has 2 rings (SSSR count). The summed E-state index contributed by atoms with van der Waals surface area (Å²) in [6.07, 6.45) is 3.63. The summed E-state index contributed by atoms with van der Waals surface area (Å²) in [6, 6.07) is 6.23. The summed E-state index contributed by atoms with van der Waals surface area (Å²) in [7, 11) is 0. The van der Waals surface area contributed by atoms with Crippen molar-refractivity contribution in [2.45, 2.75) is 51.6 Å². The topological polar surface area (TPSA) is 29.3 Å². The highest BCUT2D eigenvalue weighted by atomic mass is 35.5. The van der Waals surface area contributed by atoms with Crippen LogP contribution in [0.2, 0.25) is 5.02 Å². The van der Waals surface area contributed by atoms with E-state index in [1.807, 2.05) is 13.0 Å². The molecule has 0 aromatic heterocycles. The van der Waals surface area contributed by atoms with Crippen molar-refractivity contribution in [1.29, 1.82) is 0 Å². The van der Waals surface area contributed by atoms with Crippen molar-refractivity contribution in [3.8, 4) is 0 Å². The average molecular weight is 281 g/mol. The lowest BCUT2D eigenvalue weighted by Crippen LogP contribution is -2.51. The minimum Gasteiger partial charge on any atom is -0.322 e. The molecule has 0 bridgehead atoms. The predicted molar refractivity (Wildman–Crippen MR) is 82.6 cm³/mol. The van der Waals surface area contributed by atoms with Crippen LogP contribution in [0.15, 0.2) is 18.2 Å². The van der Waals surface area contributed by atoms with Gasteiger partial charge in [0.15, 0.2) is 0 Å². The van der Waals surface area contributed by atoms with Gasteiger partial charge in [0.2, 0.25) is 0 Å². The molecule has 1 aromatic carbocycles. The van der Waals surface area contributed by atoms with E-state index >= 15 is 0 Å². The van der Waals surface area contributed by atoms with E-state index in [1.54, 1.807) is 0 Å². The van der Waals surface area contributed by atoms with Crippen molar-refractivity contribution in [1.82, 2.24) is 4.90 Å². The van der Waals surface area contributed by atoms with Gasteiger partial charge in [-0.2, -0.15) is 0 Å². The number of nitrogens with zero attached hydrogens (tertiary/aromatic N) is 1. The van der Waals surface area contributed by atoms with Gasteiger partial charge < -0.3 is 5.73 Å². The van der Waals surface area contributed by atoms with Gasteiger partial charge in [-0.05, 0) is 63.4 Å². The third-order valence-corrected chi connectivity index (χ3v) is 5.18. The summed E-state index contributed by atoms with van der Waals surface area (Å²) in [5.41, 5.74) is 8.86. The maximum absolute atomic E-state index is 6.58. The van der Waals surface area contributed by atoms with Gasteiger partial charge in [-0.15, -0.1) is 0 Å². The first-order valence-electron chi connectivity index (χ1n) is 7.25. The Balaban J connectivity index is 2.28. The van der Waals surface area contributed by atoms with Crippen LogP contribution in [0.25, 0.3) is 0 Å². The highest BCUT2D eigenvalue weighted by Gasteiger charge is 2.38. The van der Waals surface area contributed by atoms with Crippen LogP contribution in [0.5, 0.6) is 0 Å². The lowest BCUT2D eigenvalue weighted by molar-refractivity contribution is 0.1000. The highest BCUT2D eigenvalue weighted by Crippen LogP contribution is 2.35. The predicted octanol–water partition coefficient (Wildman–Crippen LogP) is 3.91. The lowest BCUT2D eigenvalue weighted by Gasteiger charge is -2.43. The first-order chi connectivity index (χ1) is 8.99. The van der Waals surface area contributed by atoms with Crippen molar-refractivity contribution in [3.05, 3.63) is 34.3 Å². The Morgan fingerprint density at radius 3 is 2.53 bits per heavy atom. The molecule has 2 atom stereocenters. The molecule has 106 valence electrons. The molecule has 0 amide bonds. The number of nitrogens with two attached hydrogens (primary N) is 1. The Labute approximate surface area is 121 Å². The summed E-state index contributed by atoms with van der Waals surface area (Å²) >= 11 is 6.24. The molecule has 1 aliphatic rings. The Morgan fingerprint density at radius 1 is 1.37 bits per heavy atom. The molecule has 1 heterocycles. The number of likely N-dealkylation sites (tertiary alicyclic amines) is 1. The SMILES string of the molecule is CCC(C)(C(N)c1ccc(C)c(Cl)c1)N1CCCC1. The van der Waals surface area contributed by atoms with Crippen molar-refractivity contribution >= 4 is 11.6 Å². The van der Waals surface area contributed by atoms with E-state index in [0.29, 0.717) is 0 Å². The molecule has 2 unspecified atom stereocenters. The normalized spacial score (nSPS) is 21.3. The summed E-state index contributed by atoms with van der Waals surface area (Å²) in [6.45, 7) is 8.87. The Bertz CT molecular complexity index is 440. The molecule has 0 aliphatic carbocycles. The molecule has 0 saturated carbocycles. The second kappa shape index (κ2) is 5.82. The molecule has 0 radical (unpaired) electrons. The molecule has 3 heteroatoms. The van der Waals surface area contributed by atoms with Crippen LogP contribution >= 0.6 is 11.6 Å². The molecular formula is C16H25ClN2. The van der Waals surface area contributed by atoms with Crippen LogP contribution in [-0.2, 0) is 0 Å². The summed E-state index contributed by atoms with van der Waals surface area (Å²) in [5, 5.41) is 0.813. The number of hydrogen-bond acceptors (Lipinski definition) is 2. The van der Waals surface area contributed by atoms with E-state index in [-0.39, 0.29) is 11.6 Å². The molecule has 2 nitrogen and oxygen atoms in total. The fourth-order valence-electron chi connectivity index (χ4n) is 3.03. The maximum atomic E-state index is 6.58. The van der Waals surface area contributed by atoms with Crippen LogP contribution in [0.1, 0.15) is 50.3 Å². The van der Waals surface area contributed by atoms with Crippen molar-refractivity contribution in [2.75, 3.05) is 13.1 Å². The second-order valence-corrected chi connectivity index (χ2v) is 6.30. The van der Waals surface area contributed by atoms with Gasteiger partial charge in [0.05, 0.1) is 0 Å². The summed E-state index contributed by atoms with van der Waals surface area (Å²) in [5.74, 6) is 0. The first-order valence-corrected chi connectivity index (χ1v) is 7.63. The van der Waals surface area contributed by atoms with Crippen LogP contribution < -0.4 is 5.73 Å². The number of rotatable bonds is 4. The van der Waals surface area contributed by atoms with Gasteiger partial charge in [-0.3, -0.25) is 4.90 Å². The maximum Gasteiger partial charge on any atom is 0.0479 e. The monoisotopic (exact) mass is 280 g/mol. The van der Waals surface area contributed by atoms with E-state index in [9.17, 15) is 0 Å². The first kappa shape index (κ1) is 14.8. The fraction of sp³-hybridized carbons (Fsp3) is 0.625. The van der Waals surface area contributed by atoms with Gasteiger partial charge in [0.25, 0.3) is 0 Å². The van der Waals surface area contributed by atoms with Crippen molar-refractivity contribution in [2.24, 2.45) is 5.73 Å². The minimum absolute atomic E-state index is 0.00806. The van der Waals surface area contributed by atoms with Gasteiger partial charge in [0, 0.05) is 16.6 Å². The molecule has 1 fully saturated rings. The average Bonchev–Trinajstić information content (AvgIpc) is 2.94. The standard InChI is InChI=1S/C16H25ClN2/c1-4-16(3,19-9-5-6-10-19)15(18)13-8-7-12(2)14(17)11-13/h7-8,11,15H,4-6,9-10,18H2,1-3H3. The smallest absolute Gasteiger partial charge is 0.0479 e. The van der Waals surface area contributed by atoms with Crippen LogP contribution in [0, 0.1) is 6.92 Å². The van der Waals surface area contributed by atoms with Crippen LogP contribution in [0.3, 0.4) is 0 Å². The molecule has 1 aliphatic heterocycles. The number of hydrogen-bond donors (Lipinski definition) is 1. The van der Waals surface area contributed by atoms with E-state index in [2.05, 4.69) is 30.9 Å². The number of halogens is 1. The van der Waals surface area contributed by atoms with Gasteiger partial charge in [-0.1, -0.05) is 30.7 Å². The van der Waals surface area contributed by atoms with E-state index < -0.39 is 0 Å².